The Morgan fingerprint density at radius 1 is 1.29 bits per heavy atom. The minimum Gasteiger partial charge on any atom is -0.502 e. The van der Waals surface area contributed by atoms with E-state index < -0.39 is 5.43 Å². The summed E-state index contributed by atoms with van der Waals surface area (Å²) in [6.45, 7) is 2.26. The average Bonchev–Trinajstić information content (AvgIpc) is 2.36. The highest BCUT2D eigenvalue weighted by Gasteiger charge is 2.19. The van der Waals surface area contributed by atoms with E-state index in [9.17, 15) is 9.90 Å². The third-order valence-electron chi connectivity index (χ3n) is 3.17. The van der Waals surface area contributed by atoms with Gasteiger partial charge in [0.05, 0.1) is 13.1 Å². The van der Waals surface area contributed by atoms with Gasteiger partial charge in [-0.05, 0) is 19.3 Å². The van der Waals surface area contributed by atoms with Crippen molar-refractivity contribution in [3.8, 4) is 5.75 Å². The van der Waals surface area contributed by atoms with Crippen LogP contribution in [0.5, 0.6) is 5.75 Å². The maximum Gasteiger partial charge on any atom is 0.227 e. The van der Waals surface area contributed by atoms with E-state index in [0.717, 1.165) is 19.2 Å². The van der Waals surface area contributed by atoms with Crippen molar-refractivity contribution in [1.82, 2.24) is 0 Å². The SMILES string of the molecule is O=c1cc(CO)oc(C[NH+]2CCCCC2)c1O. The van der Waals surface area contributed by atoms with Crippen LogP contribution >= 0.6 is 0 Å². The average molecular weight is 240 g/mol. The number of nitrogens with one attached hydrogen (secondary N) is 1. The molecule has 0 bridgehead atoms. The van der Waals surface area contributed by atoms with Crippen LogP contribution < -0.4 is 10.3 Å². The van der Waals surface area contributed by atoms with Gasteiger partial charge in [0.2, 0.25) is 16.9 Å². The lowest BCUT2D eigenvalue weighted by atomic mass is 10.1. The van der Waals surface area contributed by atoms with Gasteiger partial charge in [-0.15, -0.1) is 0 Å². The Balaban J connectivity index is 2.18. The molecule has 0 atom stereocenters. The molecule has 1 aliphatic rings. The van der Waals surface area contributed by atoms with Crippen molar-refractivity contribution in [3.05, 3.63) is 27.8 Å². The molecule has 0 amide bonds. The highest BCUT2D eigenvalue weighted by atomic mass is 16.4. The second kappa shape index (κ2) is 5.33. The van der Waals surface area contributed by atoms with E-state index in [-0.39, 0.29) is 18.1 Å². The number of rotatable bonds is 3. The molecule has 1 saturated heterocycles. The Labute approximate surface area is 99.3 Å². The fourth-order valence-corrected chi connectivity index (χ4v) is 2.24. The maximum absolute atomic E-state index is 11.4. The van der Waals surface area contributed by atoms with Crippen molar-refractivity contribution < 1.29 is 19.5 Å². The van der Waals surface area contributed by atoms with Gasteiger partial charge in [0.15, 0.2) is 0 Å². The van der Waals surface area contributed by atoms with Crippen LogP contribution in [0.1, 0.15) is 30.8 Å². The third kappa shape index (κ3) is 2.87. The van der Waals surface area contributed by atoms with Gasteiger partial charge in [-0.25, -0.2) is 0 Å². The van der Waals surface area contributed by atoms with Crippen LogP contribution in [0.25, 0.3) is 0 Å². The summed E-state index contributed by atoms with van der Waals surface area (Å²) in [7, 11) is 0. The van der Waals surface area contributed by atoms with Crippen LogP contribution in [0, 0.1) is 0 Å². The van der Waals surface area contributed by atoms with Crippen LogP contribution in [0.3, 0.4) is 0 Å². The largest absolute Gasteiger partial charge is 0.502 e. The summed E-state index contributed by atoms with van der Waals surface area (Å²) in [5.41, 5.74) is -0.480. The lowest BCUT2D eigenvalue weighted by Crippen LogP contribution is -3.11. The standard InChI is InChI=1S/C12H17NO4/c14-8-9-6-10(15)12(16)11(17-9)7-13-4-2-1-3-5-13/h6,14,16H,1-5,7-8H2/p+1. The molecule has 0 saturated carbocycles. The third-order valence-corrected chi connectivity index (χ3v) is 3.17. The molecular formula is C12H18NO4+. The molecule has 0 aromatic carbocycles. The second-order valence-electron chi connectivity index (χ2n) is 4.49. The molecule has 0 unspecified atom stereocenters. The quantitative estimate of drug-likeness (QED) is 0.660. The Morgan fingerprint density at radius 2 is 2.00 bits per heavy atom. The van der Waals surface area contributed by atoms with Gasteiger partial charge in [-0.1, -0.05) is 0 Å². The summed E-state index contributed by atoms with van der Waals surface area (Å²) in [6, 6.07) is 1.13. The van der Waals surface area contributed by atoms with Crippen molar-refractivity contribution in [2.75, 3.05) is 13.1 Å². The fraction of sp³-hybridized carbons (Fsp3) is 0.583. The highest BCUT2D eigenvalue weighted by Crippen LogP contribution is 2.12. The van der Waals surface area contributed by atoms with Gasteiger partial charge in [-0.2, -0.15) is 0 Å². The van der Waals surface area contributed by atoms with Gasteiger partial charge in [0.1, 0.15) is 18.9 Å². The number of quaternary nitrogens is 1. The molecule has 17 heavy (non-hydrogen) atoms. The Hall–Kier alpha value is -1.33. The van der Waals surface area contributed by atoms with E-state index in [2.05, 4.69) is 0 Å². The van der Waals surface area contributed by atoms with Gasteiger partial charge in [0.25, 0.3) is 0 Å². The van der Waals surface area contributed by atoms with Crippen LogP contribution in [0.4, 0.5) is 0 Å². The zero-order valence-electron chi connectivity index (χ0n) is 9.74. The van der Waals surface area contributed by atoms with Gasteiger partial charge in [0, 0.05) is 6.07 Å². The Bertz CT molecular complexity index is 435. The lowest BCUT2D eigenvalue weighted by Gasteiger charge is -2.23. The van der Waals surface area contributed by atoms with Gasteiger partial charge < -0.3 is 19.5 Å². The summed E-state index contributed by atoms with van der Waals surface area (Å²) >= 11 is 0. The van der Waals surface area contributed by atoms with Gasteiger partial charge >= 0.3 is 0 Å². The second-order valence-corrected chi connectivity index (χ2v) is 4.49. The number of hydrogen-bond donors (Lipinski definition) is 3. The number of aliphatic hydroxyl groups is 1. The topological polar surface area (TPSA) is 75.1 Å². The molecule has 3 N–H and O–H groups in total. The Morgan fingerprint density at radius 3 is 2.65 bits per heavy atom. The van der Waals surface area contributed by atoms with Crippen molar-refractivity contribution >= 4 is 0 Å². The van der Waals surface area contributed by atoms with Crippen LogP contribution in [-0.4, -0.2) is 23.3 Å². The maximum atomic E-state index is 11.4. The molecule has 0 spiro atoms. The fourth-order valence-electron chi connectivity index (χ4n) is 2.24. The first-order valence-corrected chi connectivity index (χ1v) is 6.00. The molecule has 94 valence electrons. The number of aliphatic hydroxyl groups excluding tert-OH is 1. The zero-order chi connectivity index (χ0) is 12.3. The van der Waals surface area contributed by atoms with E-state index in [1.807, 2.05) is 0 Å². The van der Waals surface area contributed by atoms with Crippen LogP contribution in [0.15, 0.2) is 15.3 Å². The monoisotopic (exact) mass is 240 g/mol. The first kappa shape index (κ1) is 12.1. The number of aromatic hydroxyl groups is 1. The predicted molar refractivity (Wildman–Crippen MR) is 60.8 cm³/mol. The smallest absolute Gasteiger partial charge is 0.227 e. The van der Waals surface area contributed by atoms with Crippen molar-refractivity contribution in [2.24, 2.45) is 0 Å². The summed E-state index contributed by atoms with van der Waals surface area (Å²) in [4.78, 5) is 12.7. The molecule has 1 aromatic heterocycles. The molecule has 2 rings (SSSR count). The summed E-state index contributed by atoms with van der Waals surface area (Å²) in [5, 5.41) is 18.6. The number of piperidine rings is 1. The molecule has 1 fully saturated rings. The van der Waals surface area contributed by atoms with Crippen LogP contribution in [0.2, 0.25) is 0 Å². The Kier molecular flexibility index (Phi) is 3.81. The summed E-state index contributed by atoms with van der Waals surface area (Å²) in [6.07, 6.45) is 3.58. The van der Waals surface area contributed by atoms with E-state index >= 15 is 0 Å². The first-order valence-electron chi connectivity index (χ1n) is 6.00. The molecule has 2 heterocycles. The van der Waals surface area contributed by atoms with E-state index in [0.29, 0.717) is 12.3 Å². The molecule has 5 nitrogen and oxygen atoms in total. The van der Waals surface area contributed by atoms with E-state index in [4.69, 9.17) is 9.52 Å². The molecule has 1 aliphatic heterocycles. The van der Waals surface area contributed by atoms with Crippen molar-refractivity contribution in [1.29, 1.82) is 0 Å². The first-order chi connectivity index (χ1) is 8.20. The van der Waals surface area contributed by atoms with Crippen molar-refractivity contribution in [3.63, 3.8) is 0 Å². The summed E-state index contributed by atoms with van der Waals surface area (Å²) in [5.74, 6) is 0.179. The van der Waals surface area contributed by atoms with Gasteiger partial charge in [-0.3, -0.25) is 4.79 Å². The normalized spacial score (nSPS) is 17.2. The molecular weight excluding hydrogens is 222 g/mol. The van der Waals surface area contributed by atoms with Crippen molar-refractivity contribution in [2.45, 2.75) is 32.4 Å². The van der Waals surface area contributed by atoms with E-state index in [1.165, 1.54) is 24.2 Å². The summed E-state index contributed by atoms with van der Waals surface area (Å²) < 4.78 is 5.32. The predicted octanol–water partition coefficient (Wildman–Crippen LogP) is -0.594. The number of hydrogen-bond acceptors (Lipinski definition) is 4. The highest BCUT2D eigenvalue weighted by molar-refractivity contribution is 5.24. The molecule has 0 radical (unpaired) electrons. The molecule has 0 aliphatic carbocycles. The zero-order valence-corrected chi connectivity index (χ0v) is 9.74. The van der Waals surface area contributed by atoms with Crippen LogP contribution in [-0.2, 0) is 13.2 Å². The molecule has 5 heteroatoms. The van der Waals surface area contributed by atoms with E-state index in [1.54, 1.807) is 0 Å². The molecule has 1 aromatic rings. The minimum absolute atomic E-state index is 0.208. The lowest BCUT2D eigenvalue weighted by molar-refractivity contribution is -0.919. The number of likely N-dealkylation sites (tertiary alicyclic amines) is 1. The minimum atomic E-state index is -0.480.